The smallest absolute Gasteiger partial charge is 0.238 e. The number of amides is 2. The second-order valence-corrected chi connectivity index (χ2v) is 6.51. The molecule has 2 aliphatic rings. The van der Waals surface area contributed by atoms with E-state index in [1.165, 1.54) is 4.90 Å². The number of fused-ring (bicyclic) bond motifs is 1. The number of hydrogen-bond donors (Lipinski definition) is 0. The van der Waals surface area contributed by atoms with Crippen molar-refractivity contribution in [2.45, 2.75) is 26.7 Å². The minimum atomic E-state index is -0.132. The number of pyridine rings is 1. The van der Waals surface area contributed by atoms with E-state index in [1.54, 1.807) is 6.20 Å². The normalized spacial score (nSPS) is 30.1. The van der Waals surface area contributed by atoms with E-state index < -0.39 is 0 Å². The topological polar surface area (TPSA) is 50.3 Å². The fraction of sp³-hybridized carbons (Fsp3) is 0.500. The van der Waals surface area contributed by atoms with Gasteiger partial charge >= 0.3 is 0 Å². The maximum atomic E-state index is 12.4. The summed E-state index contributed by atoms with van der Waals surface area (Å²) in [6.07, 6.45) is 3.27. The Bertz CT molecular complexity index is 549. The average molecular weight is 323 g/mol. The Morgan fingerprint density at radius 3 is 2.37 bits per heavy atom. The monoisotopic (exact) mass is 322 g/mol. The Hall–Kier alpha value is -1.23. The molecule has 3 rings (SSSR count). The zero-order valence-electron chi connectivity index (χ0n) is 10.9. The maximum Gasteiger partial charge on any atom is 0.238 e. The number of hydrogen-bond acceptors (Lipinski definition) is 3. The van der Waals surface area contributed by atoms with Crippen molar-refractivity contribution in [3.05, 3.63) is 22.3 Å². The third-order valence-electron chi connectivity index (χ3n) is 4.10. The van der Waals surface area contributed by atoms with Crippen molar-refractivity contribution in [2.24, 2.45) is 17.8 Å². The van der Waals surface area contributed by atoms with Crippen LogP contribution in [0.3, 0.4) is 0 Å². The highest BCUT2D eigenvalue weighted by Crippen LogP contribution is 2.44. The lowest BCUT2D eigenvalue weighted by atomic mass is 10.00. The Kier molecular flexibility index (Phi) is 2.96. The summed E-state index contributed by atoms with van der Waals surface area (Å²) in [5, 5.41) is 0. The molecule has 2 heterocycles. The van der Waals surface area contributed by atoms with Crippen molar-refractivity contribution >= 4 is 33.6 Å². The molecule has 1 aliphatic heterocycles. The number of anilines is 1. The van der Waals surface area contributed by atoms with E-state index in [0.717, 1.165) is 22.9 Å². The number of carbonyl (C=O) groups is 2. The van der Waals surface area contributed by atoms with E-state index in [1.807, 2.05) is 13.0 Å². The average Bonchev–Trinajstić information content (AvgIpc) is 2.82. The summed E-state index contributed by atoms with van der Waals surface area (Å²) in [5.74, 6) is 0.540. The molecule has 1 aromatic rings. The zero-order chi connectivity index (χ0) is 13.7. The van der Waals surface area contributed by atoms with Gasteiger partial charge in [-0.2, -0.15) is 0 Å². The minimum absolute atomic E-state index is 0.0720. The van der Waals surface area contributed by atoms with E-state index in [4.69, 9.17) is 0 Å². The number of aromatic nitrogens is 1. The van der Waals surface area contributed by atoms with Crippen LogP contribution in [-0.2, 0) is 9.59 Å². The van der Waals surface area contributed by atoms with Crippen LogP contribution in [0.5, 0.6) is 0 Å². The molecule has 1 saturated carbocycles. The molecule has 4 nitrogen and oxygen atoms in total. The lowest BCUT2D eigenvalue weighted by Gasteiger charge is -2.17. The first-order valence-electron chi connectivity index (χ1n) is 6.49. The second-order valence-electron chi connectivity index (χ2n) is 5.60. The molecule has 0 N–H and O–H groups in total. The number of halogens is 1. The molecule has 2 fully saturated rings. The minimum Gasteiger partial charge on any atom is -0.274 e. The molecule has 0 spiro atoms. The third kappa shape index (κ3) is 1.91. The van der Waals surface area contributed by atoms with E-state index >= 15 is 0 Å². The Morgan fingerprint density at radius 1 is 1.26 bits per heavy atom. The summed E-state index contributed by atoms with van der Waals surface area (Å²) in [7, 11) is 0. The Morgan fingerprint density at radius 2 is 1.84 bits per heavy atom. The van der Waals surface area contributed by atoms with Gasteiger partial charge in [-0.15, -0.1) is 0 Å². The van der Waals surface area contributed by atoms with Gasteiger partial charge in [0.2, 0.25) is 11.8 Å². The van der Waals surface area contributed by atoms with Crippen molar-refractivity contribution in [1.29, 1.82) is 0 Å². The summed E-state index contributed by atoms with van der Waals surface area (Å²) in [6, 6.07) is 1.87. The molecule has 2 amide bonds. The summed E-state index contributed by atoms with van der Waals surface area (Å²) in [5.41, 5.74) is 0.837. The lowest BCUT2D eigenvalue weighted by molar-refractivity contribution is -0.123. The Labute approximate surface area is 120 Å². The first-order chi connectivity index (χ1) is 8.99. The van der Waals surface area contributed by atoms with E-state index in [9.17, 15) is 9.59 Å². The first-order valence-corrected chi connectivity index (χ1v) is 7.28. The number of carbonyl (C=O) groups excluding carboxylic acids is 2. The van der Waals surface area contributed by atoms with Crippen LogP contribution in [0.15, 0.2) is 16.7 Å². The van der Waals surface area contributed by atoms with Gasteiger partial charge in [-0.05, 0) is 53.2 Å². The molecule has 100 valence electrons. The molecule has 0 radical (unpaired) electrons. The Balaban J connectivity index is 1.99. The van der Waals surface area contributed by atoms with Gasteiger partial charge < -0.3 is 0 Å². The van der Waals surface area contributed by atoms with Gasteiger partial charge in [0.05, 0.1) is 11.8 Å². The number of nitrogens with zero attached hydrogens (tertiary/aromatic N) is 2. The van der Waals surface area contributed by atoms with E-state index in [2.05, 4.69) is 27.8 Å². The van der Waals surface area contributed by atoms with Crippen LogP contribution in [0, 0.1) is 24.7 Å². The van der Waals surface area contributed by atoms with Crippen molar-refractivity contribution < 1.29 is 9.59 Å². The largest absolute Gasteiger partial charge is 0.274 e. The molecule has 0 aromatic carbocycles. The SMILES string of the molecule is Cc1cc(Br)cnc1N1C(=O)C2CC(C)CC2C1=O. The van der Waals surface area contributed by atoms with Crippen LogP contribution in [0.1, 0.15) is 25.3 Å². The van der Waals surface area contributed by atoms with Gasteiger partial charge in [0.1, 0.15) is 5.82 Å². The summed E-state index contributed by atoms with van der Waals surface area (Å²) < 4.78 is 0.849. The number of aryl methyl sites for hydroxylation is 1. The molecular formula is C14H15BrN2O2. The van der Waals surface area contributed by atoms with Crippen LogP contribution in [0.25, 0.3) is 0 Å². The first kappa shape index (κ1) is 12.8. The van der Waals surface area contributed by atoms with E-state index in [0.29, 0.717) is 11.7 Å². The highest BCUT2D eigenvalue weighted by atomic mass is 79.9. The van der Waals surface area contributed by atoms with Gasteiger partial charge in [-0.3, -0.25) is 9.59 Å². The molecule has 5 heteroatoms. The van der Waals surface area contributed by atoms with Crippen molar-refractivity contribution in [3.63, 3.8) is 0 Å². The predicted molar refractivity (Wildman–Crippen MR) is 74.5 cm³/mol. The summed E-state index contributed by atoms with van der Waals surface area (Å²) >= 11 is 3.34. The van der Waals surface area contributed by atoms with Crippen LogP contribution < -0.4 is 4.90 Å². The fourth-order valence-corrected chi connectivity index (χ4v) is 3.70. The van der Waals surface area contributed by atoms with Crippen LogP contribution in [0.4, 0.5) is 5.82 Å². The van der Waals surface area contributed by atoms with Crippen molar-refractivity contribution in [3.8, 4) is 0 Å². The second kappa shape index (κ2) is 4.40. The van der Waals surface area contributed by atoms with Crippen LogP contribution in [0.2, 0.25) is 0 Å². The molecule has 0 bridgehead atoms. The van der Waals surface area contributed by atoms with Gasteiger partial charge in [0.25, 0.3) is 0 Å². The zero-order valence-corrected chi connectivity index (χ0v) is 12.5. The maximum absolute atomic E-state index is 12.4. The van der Waals surface area contributed by atoms with Gasteiger partial charge in [-0.1, -0.05) is 6.92 Å². The summed E-state index contributed by atoms with van der Waals surface area (Å²) in [4.78, 5) is 30.4. The predicted octanol–water partition coefficient (Wildman–Crippen LogP) is 2.69. The van der Waals surface area contributed by atoms with Crippen LogP contribution >= 0.6 is 15.9 Å². The van der Waals surface area contributed by atoms with Crippen molar-refractivity contribution in [1.82, 2.24) is 4.98 Å². The molecule has 1 aliphatic carbocycles. The van der Waals surface area contributed by atoms with Crippen LogP contribution in [-0.4, -0.2) is 16.8 Å². The quantitative estimate of drug-likeness (QED) is 0.747. The standard InChI is InChI=1S/C14H15BrN2O2/c1-7-3-10-11(4-7)14(19)17(13(10)18)12-8(2)5-9(15)6-16-12/h5-7,10-11H,3-4H2,1-2H3. The summed E-state index contributed by atoms with van der Waals surface area (Å²) in [6.45, 7) is 3.97. The molecule has 2 atom stereocenters. The number of imide groups is 1. The molecule has 1 aromatic heterocycles. The fourth-order valence-electron chi connectivity index (χ4n) is 3.25. The van der Waals surface area contributed by atoms with Gasteiger partial charge in [-0.25, -0.2) is 9.88 Å². The highest BCUT2D eigenvalue weighted by molar-refractivity contribution is 9.10. The highest BCUT2D eigenvalue weighted by Gasteiger charge is 2.52. The van der Waals surface area contributed by atoms with Crippen molar-refractivity contribution in [2.75, 3.05) is 4.90 Å². The van der Waals surface area contributed by atoms with E-state index in [-0.39, 0.29) is 23.7 Å². The molecular weight excluding hydrogens is 308 g/mol. The van der Waals surface area contributed by atoms with Gasteiger partial charge in [0.15, 0.2) is 0 Å². The molecule has 2 unspecified atom stereocenters. The third-order valence-corrected chi connectivity index (χ3v) is 4.54. The molecule has 1 saturated heterocycles. The number of rotatable bonds is 1. The van der Waals surface area contributed by atoms with Gasteiger partial charge in [0, 0.05) is 10.7 Å². The lowest BCUT2D eigenvalue weighted by Crippen LogP contribution is -2.33. The molecule has 19 heavy (non-hydrogen) atoms.